The van der Waals surface area contributed by atoms with Crippen LogP contribution in [0.1, 0.15) is 0 Å². The summed E-state index contributed by atoms with van der Waals surface area (Å²) in [6.45, 7) is 0. The van der Waals surface area contributed by atoms with Crippen molar-refractivity contribution in [1.29, 1.82) is 0 Å². The maximum absolute atomic E-state index is 6.05. The lowest BCUT2D eigenvalue weighted by Crippen LogP contribution is -2.00. The molecule has 0 N–H and O–H groups in total. The Morgan fingerprint density at radius 2 is 0.907 bits per heavy atom. The first kappa shape index (κ1) is 24.8. The number of nitrogens with zero attached hydrogens (tertiary/aromatic N) is 4. The van der Waals surface area contributed by atoms with Crippen molar-refractivity contribution < 1.29 is 4.42 Å². The molecular weight excluding hydrogens is 528 g/mol. The van der Waals surface area contributed by atoms with E-state index in [4.69, 9.17) is 19.4 Å². The lowest BCUT2D eigenvalue weighted by molar-refractivity contribution is 0.654. The Hall–Kier alpha value is -5.94. The molecule has 0 atom stereocenters. The van der Waals surface area contributed by atoms with Crippen LogP contribution in [0.4, 0.5) is 0 Å². The van der Waals surface area contributed by atoms with E-state index in [1.165, 1.54) is 11.1 Å². The molecule has 0 fully saturated rings. The van der Waals surface area contributed by atoms with E-state index in [1.807, 2.05) is 66.7 Å². The van der Waals surface area contributed by atoms with Crippen LogP contribution in [0.3, 0.4) is 0 Å². The molecule has 202 valence electrons. The van der Waals surface area contributed by atoms with Gasteiger partial charge in [-0.3, -0.25) is 0 Å². The van der Waals surface area contributed by atoms with Crippen LogP contribution in [-0.4, -0.2) is 19.9 Å². The number of hydrogen-bond acceptors (Lipinski definition) is 5. The molecule has 0 amide bonds. The molecule has 0 saturated carbocycles. The number of fused-ring (bicyclic) bond motifs is 3. The number of benzene rings is 5. The third-order valence-electron chi connectivity index (χ3n) is 7.65. The van der Waals surface area contributed by atoms with E-state index >= 15 is 0 Å². The molecule has 0 aliphatic heterocycles. The monoisotopic (exact) mass is 552 g/mol. The molecule has 0 aliphatic carbocycles. The second kappa shape index (κ2) is 10.5. The summed E-state index contributed by atoms with van der Waals surface area (Å²) in [5.41, 5.74) is 8.74. The summed E-state index contributed by atoms with van der Waals surface area (Å²) in [4.78, 5) is 19.3. The van der Waals surface area contributed by atoms with Gasteiger partial charge in [0.15, 0.2) is 17.5 Å². The van der Waals surface area contributed by atoms with Gasteiger partial charge in [0.1, 0.15) is 5.58 Å². The van der Waals surface area contributed by atoms with E-state index in [9.17, 15) is 0 Å². The highest BCUT2D eigenvalue weighted by molar-refractivity contribution is 6.10. The van der Waals surface area contributed by atoms with Gasteiger partial charge in [-0.2, -0.15) is 0 Å². The van der Waals surface area contributed by atoms with Crippen LogP contribution in [0.25, 0.3) is 78.5 Å². The fourth-order valence-corrected chi connectivity index (χ4v) is 5.49. The molecule has 5 heteroatoms. The van der Waals surface area contributed by atoms with Crippen molar-refractivity contribution >= 4 is 22.1 Å². The summed E-state index contributed by atoms with van der Waals surface area (Å²) in [7, 11) is 0. The Morgan fingerprint density at radius 1 is 0.395 bits per heavy atom. The maximum atomic E-state index is 6.05. The molecule has 5 nitrogen and oxygen atoms in total. The molecule has 5 aromatic carbocycles. The first-order valence-corrected chi connectivity index (χ1v) is 14.1. The minimum Gasteiger partial charge on any atom is -0.438 e. The van der Waals surface area contributed by atoms with E-state index in [1.54, 1.807) is 6.20 Å². The molecule has 3 heterocycles. The fraction of sp³-hybridized carbons (Fsp3) is 0. The Labute approximate surface area is 248 Å². The average molecular weight is 553 g/mol. The van der Waals surface area contributed by atoms with Gasteiger partial charge in [0, 0.05) is 33.7 Å². The quantitative estimate of drug-likeness (QED) is 0.213. The van der Waals surface area contributed by atoms with Gasteiger partial charge < -0.3 is 4.42 Å². The van der Waals surface area contributed by atoms with E-state index < -0.39 is 0 Å². The lowest BCUT2D eigenvalue weighted by Gasteiger charge is -2.10. The number of pyridine rings is 1. The summed E-state index contributed by atoms with van der Waals surface area (Å²) in [6, 6.07) is 47.3. The van der Waals surface area contributed by atoms with Crippen LogP contribution in [0.5, 0.6) is 0 Å². The lowest BCUT2D eigenvalue weighted by atomic mass is 9.99. The predicted molar refractivity (Wildman–Crippen MR) is 172 cm³/mol. The Kier molecular flexibility index (Phi) is 6.05. The van der Waals surface area contributed by atoms with Crippen LogP contribution >= 0.6 is 0 Å². The number of rotatable bonds is 5. The largest absolute Gasteiger partial charge is 0.438 e. The van der Waals surface area contributed by atoms with Crippen LogP contribution < -0.4 is 0 Å². The average Bonchev–Trinajstić information content (AvgIpc) is 3.48. The summed E-state index contributed by atoms with van der Waals surface area (Å²) >= 11 is 0. The van der Waals surface area contributed by atoms with Gasteiger partial charge >= 0.3 is 0 Å². The molecule has 0 aliphatic rings. The third kappa shape index (κ3) is 4.63. The smallest absolute Gasteiger partial charge is 0.227 e. The van der Waals surface area contributed by atoms with E-state index in [2.05, 4.69) is 77.8 Å². The highest BCUT2D eigenvalue weighted by Gasteiger charge is 2.18. The first-order chi connectivity index (χ1) is 21.3. The van der Waals surface area contributed by atoms with Crippen molar-refractivity contribution in [2.24, 2.45) is 0 Å². The number of aromatic nitrogens is 4. The van der Waals surface area contributed by atoms with Gasteiger partial charge in [0.25, 0.3) is 0 Å². The highest BCUT2D eigenvalue weighted by Crippen LogP contribution is 2.36. The molecule has 3 aromatic heterocycles. The summed E-state index contributed by atoms with van der Waals surface area (Å²) < 4.78 is 6.05. The van der Waals surface area contributed by atoms with E-state index in [-0.39, 0.29) is 0 Å². The standard InChI is InChI=1S/C38H24N4O/c1-3-9-25(10-4-1)26-16-18-27(19-17-26)28-20-22-30(23-21-28)36-40-35(29-11-5-2-6-12-29)41-37(42-36)31-13-7-15-33-34(31)32-14-8-24-39-38(32)43-33/h1-24H. The van der Waals surface area contributed by atoms with Gasteiger partial charge in [-0.05, 0) is 40.5 Å². The predicted octanol–water partition coefficient (Wildman–Crippen LogP) is 9.50. The Balaban J connectivity index is 1.22. The molecule has 0 radical (unpaired) electrons. The molecule has 0 saturated heterocycles. The molecule has 0 bridgehead atoms. The fourth-order valence-electron chi connectivity index (χ4n) is 5.49. The van der Waals surface area contributed by atoms with Crippen molar-refractivity contribution in [2.75, 3.05) is 0 Å². The normalized spacial score (nSPS) is 11.3. The minimum absolute atomic E-state index is 0.585. The van der Waals surface area contributed by atoms with Crippen LogP contribution in [0, 0.1) is 0 Å². The Bertz CT molecular complexity index is 2210. The van der Waals surface area contributed by atoms with Crippen LogP contribution in [0.15, 0.2) is 150 Å². The minimum atomic E-state index is 0.585. The molecule has 8 rings (SSSR count). The van der Waals surface area contributed by atoms with Gasteiger partial charge in [-0.15, -0.1) is 0 Å². The van der Waals surface area contributed by atoms with Gasteiger partial charge in [0.2, 0.25) is 5.71 Å². The van der Waals surface area contributed by atoms with Gasteiger partial charge in [-0.1, -0.05) is 121 Å². The highest BCUT2D eigenvalue weighted by atomic mass is 16.3. The van der Waals surface area contributed by atoms with Crippen LogP contribution in [0.2, 0.25) is 0 Å². The molecule has 0 unspecified atom stereocenters. The third-order valence-corrected chi connectivity index (χ3v) is 7.65. The zero-order valence-electron chi connectivity index (χ0n) is 23.1. The maximum Gasteiger partial charge on any atom is 0.227 e. The molecule has 0 spiro atoms. The van der Waals surface area contributed by atoms with Crippen molar-refractivity contribution in [2.45, 2.75) is 0 Å². The van der Waals surface area contributed by atoms with Gasteiger partial charge in [-0.25, -0.2) is 19.9 Å². The summed E-state index contributed by atoms with van der Waals surface area (Å²) in [6.07, 6.45) is 1.74. The summed E-state index contributed by atoms with van der Waals surface area (Å²) in [5.74, 6) is 1.81. The van der Waals surface area contributed by atoms with Crippen molar-refractivity contribution in [1.82, 2.24) is 19.9 Å². The van der Waals surface area contributed by atoms with E-state index in [0.29, 0.717) is 23.2 Å². The summed E-state index contributed by atoms with van der Waals surface area (Å²) in [5, 5.41) is 1.87. The van der Waals surface area contributed by atoms with Crippen molar-refractivity contribution in [3.8, 4) is 56.4 Å². The van der Waals surface area contributed by atoms with Gasteiger partial charge in [0.05, 0.1) is 0 Å². The molecular formula is C38H24N4O. The van der Waals surface area contributed by atoms with E-state index in [0.717, 1.165) is 44.2 Å². The zero-order valence-corrected chi connectivity index (χ0v) is 23.1. The molecule has 8 aromatic rings. The van der Waals surface area contributed by atoms with Crippen molar-refractivity contribution in [3.63, 3.8) is 0 Å². The number of hydrogen-bond donors (Lipinski definition) is 0. The number of furan rings is 1. The first-order valence-electron chi connectivity index (χ1n) is 14.1. The van der Waals surface area contributed by atoms with Crippen LogP contribution in [-0.2, 0) is 0 Å². The Morgan fingerprint density at radius 3 is 1.53 bits per heavy atom. The SMILES string of the molecule is c1ccc(-c2ccc(-c3ccc(-c4nc(-c5ccccc5)nc(-c5cccc6oc7ncccc7c56)n4)cc3)cc2)cc1. The molecule has 43 heavy (non-hydrogen) atoms. The zero-order chi connectivity index (χ0) is 28.6. The topological polar surface area (TPSA) is 64.7 Å². The second-order valence-electron chi connectivity index (χ2n) is 10.3. The second-order valence-corrected chi connectivity index (χ2v) is 10.3. The van der Waals surface area contributed by atoms with Crippen molar-refractivity contribution in [3.05, 3.63) is 146 Å².